The third-order valence-electron chi connectivity index (χ3n) is 4.58. The summed E-state index contributed by atoms with van der Waals surface area (Å²) in [7, 11) is 1.82. The fourth-order valence-corrected chi connectivity index (χ4v) is 3.92. The van der Waals surface area contributed by atoms with E-state index in [2.05, 4.69) is 24.0 Å². The van der Waals surface area contributed by atoms with Crippen molar-refractivity contribution in [3.8, 4) is 0 Å². The second kappa shape index (κ2) is 4.84. The molecule has 3 heteroatoms. The van der Waals surface area contributed by atoms with Crippen molar-refractivity contribution in [3.63, 3.8) is 0 Å². The summed E-state index contributed by atoms with van der Waals surface area (Å²) in [6, 6.07) is 6.90. The van der Waals surface area contributed by atoms with Crippen LogP contribution in [0, 0.1) is 0 Å². The van der Waals surface area contributed by atoms with Gasteiger partial charge in [0.1, 0.15) is 0 Å². The summed E-state index contributed by atoms with van der Waals surface area (Å²) in [6.45, 7) is 4.53. The van der Waals surface area contributed by atoms with Crippen molar-refractivity contribution in [2.45, 2.75) is 37.8 Å². The number of ether oxygens (including phenoxy) is 1. The largest absolute Gasteiger partial charge is 0.380 e. The van der Waals surface area contributed by atoms with Crippen LogP contribution in [-0.2, 0) is 11.2 Å². The fourth-order valence-electron chi connectivity index (χ4n) is 3.56. The summed E-state index contributed by atoms with van der Waals surface area (Å²) in [5.74, 6) is 0.532. The Bertz CT molecular complexity index is 448. The monoisotopic (exact) mass is 265 g/mol. The minimum Gasteiger partial charge on any atom is -0.380 e. The highest BCUT2D eigenvalue weighted by Gasteiger charge is 2.37. The van der Waals surface area contributed by atoms with E-state index in [1.54, 1.807) is 0 Å². The molecule has 1 aliphatic heterocycles. The van der Waals surface area contributed by atoms with Crippen LogP contribution in [0.5, 0.6) is 0 Å². The molecule has 98 valence electrons. The summed E-state index contributed by atoms with van der Waals surface area (Å²) < 4.78 is 5.47. The van der Waals surface area contributed by atoms with Crippen LogP contribution in [-0.4, -0.2) is 37.2 Å². The molecule has 1 aliphatic carbocycles. The molecule has 1 saturated heterocycles. The van der Waals surface area contributed by atoms with Crippen molar-refractivity contribution in [2.75, 3.05) is 20.2 Å². The predicted octanol–water partition coefficient (Wildman–Crippen LogP) is 3.09. The molecule has 0 radical (unpaired) electrons. The Balaban J connectivity index is 1.80. The molecule has 2 aliphatic rings. The van der Waals surface area contributed by atoms with E-state index < -0.39 is 0 Å². The third-order valence-corrected chi connectivity index (χ3v) is 4.91. The first-order chi connectivity index (χ1) is 8.70. The van der Waals surface area contributed by atoms with E-state index in [9.17, 15) is 0 Å². The van der Waals surface area contributed by atoms with Gasteiger partial charge < -0.3 is 4.74 Å². The van der Waals surface area contributed by atoms with E-state index in [0.717, 1.165) is 31.0 Å². The second-order valence-corrected chi connectivity index (χ2v) is 5.92. The average molecular weight is 266 g/mol. The van der Waals surface area contributed by atoms with Crippen LogP contribution in [0.15, 0.2) is 18.2 Å². The van der Waals surface area contributed by atoms with Gasteiger partial charge in [0, 0.05) is 31.3 Å². The summed E-state index contributed by atoms with van der Waals surface area (Å²) in [5.41, 5.74) is 2.80. The maximum absolute atomic E-state index is 6.35. The third kappa shape index (κ3) is 1.97. The Morgan fingerprint density at radius 1 is 1.39 bits per heavy atom. The highest BCUT2D eigenvalue weighted by atomic mass is 35.5. The Labute approximate surface area is 114 Å². The Morgan fingerprint density at radius 2 is 2.22 bits per heavy atom. The lowest BCUT2D eigenvalue weighted by Gasteiger charge is -2.27. The molecule has 0 saturated carbocycles. The van der Waals surface area contributed by atoms with Gasteiger partial charge in [-0.3, -0.25) is 4.90 Å². The Kier molecular flexibility index (Phi) is 3.35. The molecule has 3 rings (SSSR count). The number of likely N-dealkylation sites (tertiary alicyclic amines) is 1. The van der Waals surface area contributed by atoms with Crippen LogP contribution in [0.3, 0.4) is 0 Å². The maximum atomic E-state index is 6.35. The van der Waals surface area contributed by atoms with Gasteiger partial charge in [0.05, 0.1) is 6.10 Å². The van der Waals surface area contributed by atoms with Gasteiger partial charge in [-0.2, -0.15) is 0 Å². The van der Waals surface area contributed by atoms with E-state index in [0.29, 0.717) is 18.1 Å². The van der Waals surface area contributed by atoms with Crippen LogP contribution in [0.4, 0.5) is 0 Å². The van der Waals surface area contributed by atoms with E-state index in [4.69, 9.17) is 16.3 Å². The molecule has 1 fully saturated rings. The standard InChI is InChI=1S/C15H20ClNO/c1-10-14(17-7-6-12(9-17)18-2)8-11-4-3-5-13(16)15(10)11/h3-5,10,12,14H,6-9H2,1-2H3/t10-,12+,14+/m0/s1. The van der Waals surface area contributed by atoms with Crippen molar-refractivity contribution in [1.82, 2.24) is 4.90 Å². The molecule has 18 heavy (non-hydrogen) atoms. The van der Waals surface area contributed by atoms with Gasteiger partial charge in [0.2, 0.25) is 0 Å². The molecule has 1 aromatic carbocycles. The van der Waals surface area contributed by atoms with Crippen LogP contribution in [0.1, 0.15) is 30.4 Å². The number of nitrogens with zero attached hydrogens (tertiary/aromatic N) is 1. The van der Waals surface area contributed by atoms with Crippen molar-refractivity contribution in [3.05, 3.63) is 34.3 Å². The van der Waals surface area contributed by atoms with Crippen molar-refractivity contribution < 1.29 is 4.74 Å². The van der Waals surface area contributed by atoms with E-state index in [1.807, 2.05) is 13.2 Å². The molecule has 0 aromatic heterocycles. The van der Waals surface area contributed by atoms with Gasteiger partial charge >= 0.3 is 0 Å². The van der Waals surface area contributed by atoms with E-state index >= 15 is 0 Å². The number of benzene rings is 1. The Morgan fingerprint density at radius 3 is 2.89 bits per heavy atom. The molecule has 2 nitrogen and oxygen atoms in total. The fraction of sp³-hybridized carbons (Fsp3) is 0.600. The van der Waals surface area contributed by atoms with Gasteiger partial charge in [0.15, 0.2) is 0 Å². The topological polar surface area (TPSA) is 12.5 Å². The number of hydrogen-bond donors (Lipinski definition) is 0. The van der Waals surface area contributed by atoms with Gasteiger partial charge in [-0.15, -0.1) is 0 Å². The lowest BCUT2D eigenvalue weighted by atomic mass is 10.00. The minimum atomic E-state index is 0.413. The zero-order valence-corrected chi connectivity index (χ0v) is 11.8. The number of hydrogen-bond acceptors (Lipinski definition) is 2. The van der Waals surface area contributed by atoms with Crippen molar-refractivity contribution in [1.29, 1.82) is 0 Å². The molecular formula is C15H20ClNO. The number of halogens is 1. The molecule has 0 amide bonds. The molecular weight excluding hydrogens is 246 g/mol. The van der Waals surface area contributed by atoms with Crippen LogP contribution >= 0.6 is 11.6 Å². The van der Waals surface area contributed by atoms with E-state index in [1.165, 1.54) is 11.1 Å². The summed E-state index contributed by atoms with van der Waals surface area (Å²) >= 11 is 6.35. The quantitative estimate of drug-likeness (QED) is 0.815. The van der Waals surface area contributed by atoms with Crippen LogP contribution in [0.25, 0.3) is 0 Å². The SMILES string of the molecule is CO[C@@H]1CCN([C@@H]2Cc3cccc(Cl)c3[C@H]2C)C1. The number of fused-ring (bicyclic) bond motifs is 1. The average Bonchev–Trinajstić information content (AvgIpc) is 2.94. The lowest BCUT2D eigenvalue weighted by Crippen LogP contribution is -2.36. The van der Waals surface area contributed by atoms with Gasteiger partial charge in [-0.05, 0) is 36.0 Å². The summed E-state index contributed by atoms with van der Waals surface area (Å²) in [6.07, 6.45) is 2.70. The molecule has 1 heterocycles. The van der Waals surface area contributed by atoms with E-state index in [-0.39, 0.29) is 0 Å². The molecule has 3 atom stereocenters. The number of rotatable bonds is 2. The molecule has 0 spiro atoms. The van der Waals surface area contributed by atoms with Crippen LogP contribution in [0.2, 0.25) is 5.02 Å². The maximum Gasteiger partial charge on any atom is 0.0710 e. The lowest BCUT2D eigenvalue weighted by molar-refractivity contribution is 0.0993. The predicted molar refractivity (Wildman–Crippen MR) is 74.3 cm³/mol. The van der Waals surface area contributed by atoms with Crippen LogP contribution < -0.4 is 0 Å². The minimum absolute atomic E-state index is 0.413. The van der Waals surface area contributed by atoms with Gasteiger partial charge in [0.25, 0.3) is 0 Å². The zero-order valence-electron chi connectivity index (χ0n) is 11.0. The molecule has 0 bridgehead atoms. The highest BCUT2D eigenvalue weighted by molar-refractivity contribution is 6.31. The van der Waals surface area contributed by atoms with Crippen molar-refractivity contribution in [2.24, 2.45) is 0 Å². The summed E-state index contributed by atoms with van der Waals surface area (Å²) in [5, 5.41) is 0.935. The smallest absolute Gasteiger partial charge is 0.0710 e. The van der Waals surface area contributed by atoms with Gasteiger partial charge in [-0.1, -0.05) is 30.7 Å². The second-order valence-electron chi connectivity index (χ2n) is 5.51. The van der Waals surface area contributed by atoms with Gasteiger partial charge in [-0.25, -0.2) is 0 Å². The first-order valence-electron chi connectivity index (χ1n) is 6.75. The molecule has 0 unspecified atom stereocenters. The molecule has 1 aromatic rings. The molecule has 0 N–H and O–H groups in total. The first kappa shape index (κ1) is 12.5. The normalized spacial score (nSPS) is 31.8. The Hall–Kier alpha value is -0.570. The first-order valence-corrected chi connectivity index (χ1v) is 7.12. The number of methoxy groups -OCH3 is 1. The summed E-state index contributed by atoms with van der Waals surface area (Å²) in [4.78, 5) is 2.58. The highest BCUT2D eigenvalue weighted by Crippen LogP contribution is 2.41. The van der Waals surface area contributed by atoms with Crippen molar-refractivity contribution >= 4 is 11.6 Å². The zero-order chi connectivity index (χ0) is 12.7.